The number of aromatic nitrogens is 2. The molecule has 2 aliphatic rings. The lowest BCUT2D eigenvalue weighted by molar-refractivity contribution is -0.138. The van der Waals surface area contributed by atoms with E-state index in [1.54, 1.807) is 17.3 Å². The van der Waals surface area contributed by atoms with E-state index in [-0.39, 0.29) is 17.4 Å². The highest BCUT2D eigenvalue weighted by Crippen LogP contribution is 2.41. The van der Waals surface area contributed by atoms with Crippen molar-refractivity contribution in [2.75, 3.05) is 19.6 Å². The van der Waals surface area contributed by atoms with Gasteiger partial charge in [-0.15, -0.1) is 0 Å². The number of likely N-dealkylation sites (tertiary alicyclic amines) is 2. The van der Waals surface area contributed by atoms with Gasteiger partial charge in [0, 0.05) is 56.4 Å². The van der Waals surface area contributed by atoms with Gasteiger partial charge in [-0.05, 0) is 37.0 Å². The maximum absolute atomic E-state index is 13.4. The Kier molecular flexibility index (Phi) is 4.59. The molecule has 27 heavy (non-hydrogen) atoms. The minimum absolute atomic E-state index is 0.102. The molecule has 2 aliphatic heterocycles. The molecular formula is C20H21FN4O2. The first-order valence-corrected chi connectivity index (χ1v) is 9.17. The monoisotopic (exact) mass is 368 g/mol. The van der Waals surface area contributed by atoms with Crippen LogP contribution in [0.5, 0.6) is 0 Å². The van der Waals surface area contributed by atoms with Crippen LogP contribution in [0.1, 0.15) is 35.2 Å². The van der Waals surface area contributed by atoms with Crippen molar-refractivity contribution in [2.24, 2.45) is 5.41 Å². The number of hydrogen-bond acceptors (Lipinski definition) is 4. The van der Waals surface area contributed by atoms with E-state index in [1.165, 1.54) is 12.3 Å². The molecule has 6 nitrogen and oxygen atoms in total. The van der Waals surface area contributed by atoms with Crippen molar-refractivity contribution >= 4 is 11.8 Å². The number of halogens is 1. The van der Waals surface area contributed by atoms with Crippen LogP contribution in [0, 0.1) is 11.4 Å². The second-order valence-electron chi connectivity index (χ2n) is 7.32. The minimum atomic E-state index is -0.674. The third-order valence-electron chi connectivity index (χ3n) is 5.54. The molecule has 2 aromatic rings. The molecule has 0 aromatic carbocycles. The smallest absolute Gasteiger partial charge is 0.254 e. The van der Waals surface area contributed by atoms with Crippen LogP contribution in [0.3, 0.4) is 0 Å². The molecule has 2 saturated heterocycles. The van der Waals surface area contributed by atoms with Gasteiger partial charge in [-0.25, -0.2) is 4.98 Å². The molecule has 1 atom stereocenters. The Bertz CT molecular complexity index is 860. The van der Waals surface area contributed by atoms with Gasteiger partial charge in [-0.2, -0.15) is 4.39 Å². The lowest BCUT2D eigenvalue weighted by Gasteiger charge is -2.39. The van der Waals surface area contributed by atoms with Crippen LogP contribution >= 0.6 is 0 Å². The van der Waals surface area contributed by atoms with E-state index >= 15 is 0 Å². The van der Waals surface area contributed by atoms with Crippen molar-refractivity contribution in [3.05, 3.63) is 59.9 Å². The second-order valence-corrected chi connectivity index (χ2v) is 7.32. The van der Waals surface area contributed by atoms with Crippen molar-refractivity contribution < 1.29 is 14.0 Å². The summed E-state index contributed by atoms with van der Waals surface area (Å²) >= 11 is 0. The van der Waals surface area contributed by atoms with Crippen LogP contribution in [-0.4, -0.2) is 51.2 Å². The molecule has 4 heterocycles. The predicted molar refractivity (Wildman–Crippen MR) is 96.0 cm³/mol. The summed E-state index contributed by atoms with van der Waals surface area (Å²) in [5.74, 6) is -0.814. The fourth-order valence-corrected chi connectivity index (χ4v) is 4.16. The van der Waals surface area contributed by atoms with Gasteiger partial charge in [-0.3, -0.25) is 14.6 Å². The summed E-state index contributed by atoms with van der Waals surface area (Å²) in [6, 6.07) is 6.48. The lowest BCUT2D eigenvalue weighted by atomic mass is 9.78. The lowest BCUT2D eigenvalue weighted by Crippen LogP contribution is -2.49. The molecule has 2 aromatic heterocycles. The first-order chi connectivity index (χ1) is 13.1. The van der Waals surface area contributed by atoms with Crippen LogP contribution in [0.2, 0.25) is 0 Å². The highest BCUT2D eigenvalue weighted by Gasteiger charge is 2.49. The molecule has 0 aliphatic carbocycles. The van der Waals surface area contributed by atoms with E-state index in [0.717, 1.165) is 30.9 Å². The van der Waals surface area contributed by atoms with E-state index in [2.05, 4.69) is 9.97 Å². The summed E-state index contributed by atoms with van der Waals surface area (Å²) in [7, 11) is 0. The molecule has 2 amide bonds. The highest BCUT2D eigenvalue weighted by atomic mass is 19.1. The molecule has 0 unspecified atom stereocenters. The van der Waals surface area contributed by atoms with Crippen molar-refractivity contribution in [1.29, 1.82) is 0 Å². The predicted octanol–water partition coefficient (Wildman–Crippen LogP) is 2.27. The average molecular weight is 368 g/mol. The Morgan fingerprint density at radius 3 is 2.89 bits per heavy atom. The zero-order valence-corrected chi connectivity index (χ0v) is 15.0. The number of rotatable bonds is 3. The van der Waals surface area contributed by atoms with E-state index in [1.807, 2.05) is 17.0 Å². The number of carbonyl (C=O) groups is 2. The van der Waals surface area contributed by atoms with Gasteiger partial charge in [0.15, 0.2) is 0 Å². The standard InChI is InChI=1S/C20H21FN4O2/c21-17-11-16(4-8-23-17)18(26)25-9-2-5-20(14-25)6-10-24(19(20)27)13-15-3-1-7-22-12-15/h1,3-4,7-8,11-12H,2,5-6,9-10,13-14H2/t20-/m0/s1. The van der Waals surface area contributed by atoms with Crippen LogP contribution in [0.25, 0.3) is 0 Å². The van der Waals surface area contributed by atoms with Gasteiger partial charge in [0.2, 0.25) is 11.9 Å². The first-order valence-electron chi connectivity index (χ1n) is 9.17. The van der Waals surface area contributed by atoms with Crippen molar-refractivity contribution in [2.45, 2.75) is 25.8 Å². The van der Waals surface area contributed by atoms with E-state index in [9.17, 15) is 14.0 Å². The Morgan fingerprint density at radius 1 is 1.22 bits per heavy atom. The zero-order valence-electron chi connectivity index (χ0n) is 15.0. The third kappa shape index (κ3) is 3.41. The molecule has 7 heteroatoms. The number of carbonyl (C=O) groups excluding carboxylic acids is 2. The summed E-state index contributed by atoms with van der Waals surface area (Å²) in [4.78, 5) is 37.1. The normalized spacial score (nSPS) is 22.5. The SMILES string of the molecule is O=C(c1ccnc(F)c1)N1CCC[C@]2(CCN(Cc3cccnc3)C2=O)C1. The maximum atomic E-state index is 13.4. The fourth-order valence-electron chi connectivity index (χ4n) is 4.16. The Morgan fingerprint density at radius 2 is 2.11 bits per heavy atom. The van der Waals surface area contributed by atoms with Crippen LogP contribution in [0.15, 0.2) is 42.9 Å². The van der Waals surface area contributed by atoms with Gasteiger partial charge >= 0.3 is 0 Å². The minimum Gasteiger partial charge on any atom is -0.338 e. The maximum Gasteiger partial charge on any atom is 0.254 e. The largest absolute Gasteiger partial charge is 0.338 e. The van der Waals surface area contributed by atoms with Crippen LogP contribution in [0.4, 0.5) is 4.39 Å². The second kappa shape index (κ2) is 7.06. The van der Waals surface area contributed by atoms with Gasteiger partial charge in [-0.1, -0.05) is 6.07 Å². The van der Waals surface area contributed by atoms with E-state index in [0.29, 0.717) is 26.2 Å². The van der Waals surface area contributed by atoms with Gasteiger partial charge in [0.1, 0.15) is 0 Å². The summed E-state index contributed by atoms with van der Waals surface area (Å²) in [5.41, 5.74) is 0.748. The molecule has 0 saturated carbocycles. The van der Waals surface area contributed by atoms with Crippen molar-refractivity contribution in [1.82, 2.24) is 19.8 Å². The first kappa shape index (κ1) is 17.6. The van der Waals surface area contributed by atoms with Crippen molar-refractivity contribution in [3.63, 3.8) is 0 Å². The fraction of sp³-hybridized carbons (Fsp3) is 0.400. The van der Waals surface area contributed by atoms with Crippen LogP contribution in [-0.2, 0) is 11.3 Å². The summed E-state index contributed by atoms with van der Waals surface area (Å²) in [6.45, 7) is 2.19. The average Bonchev–Trinajstić information content (AvgIpc) is 2.98. The molecule has 0 radical (unpaired) electrons. The molecular weight excluding hydrogens is 347 g/mol. The van der Waals surface area contributed by atoms with Crippen molar-refractivity contribution in [3.8, 4) is 0 Å². The van der Waals surface area contributed by atoms with E-state index in [4.69, 9.17) is 0 Å². The molecule has 140 valence electrons. The van der Waals surface area contributed by atoms with Gasteiger partial charge < -0.3 is 9.80 Å². The number of piperidine rings is 1. The third-order valence-corrected chi connectivity index (χ3v) is 5.54. The van der Waals surface area contributed by atoms with E-state index < -0.39 is 11.4 Å². The molecule has 1 spiro atoms. The zero-order chi connectivity index (χ0) is 18.9. The molecule has 4 rings (SSSR count). The highest BCUT2D eigenvalue weighted by molar-refractivity contribution is 5.95. The number of amides is 2. The summed E-state index contributed by atoms with van der Waals surface area (Å²) in [6.07, 6.45) is 7.06. The molecule has 2 fully saturated rings. The Hall–Kier alpha value is -2.83. The summed E-state index contributed by atoms with van der Waals surface area (Å²) in [5, 5.41) is 0. The molecule has 0 N–H and O–H groups in total. The number of nitrogens with zero attached hydrogens (tertiary/aromatic N) is 4. The number of hydrogen-bond donors (Lipinski definition) is 0. The van der Waals surface area contributed by atoms with Gasteiger partial charge in [0.25, 0.3) is 5.91 Å². The Balaban J connectivity index is 1.49. The quantitative estimate of drug-likeness (QED) is 0.780. The Labute approximate surface area is 157 Å². The topological polar surface area (TPSA) is 66.4 Å². The number of pyridine rings is 2. The summed E-state index contributed by atoms with van der Waals surface area (Å²) < 4.78 is 13.4. The molecule has 0 bridgehead atoms. The van der Waals surface area contributed by atoms with Gasteiger partial charge in [0.05, 0.1) is 5.41 Å². The van der Waals surface area contributed by atoms with Crippen LogP contribution < -0.4 is 0 Å².